The van der Waals surface area contributed by atoms with E-state index in [2.05, 4.69) is 39.8 Å². The molecule has 0 spiro atoms. The van der Waals surface area contributed by atoms with Crippen LogP contribution in [0.5, 0.6) is 0 Å². The molecule has 176 valence electrons. The number of allylic oxidation sites excluding steroid dienone is 2. The standard InChI is InChI=1S/C28H34O5/c1-16(29)33-24-22-23-25(2,15-32-22)11-9-21(30)28(23,5)20-8-12-26(3)18(17-10-13-31-14-17)6-7-19(26)27(20,24)4/h7,9-11,13-14,18,20,22-24H,6,8,12,15H2,1-5H3/t18-,20-,22+,23-,24-,25-,26-,27-,28-/m0/s1. The van der Waals surface area contributed by atoms with Crippen LogP contribution >= 0.6 is 0 Å². The average molecular weight is 451 g/mol. The van der Waals surface area contributed by atoms with Crippen LogP contribution in [-0.4, -0.2) is 30.6 Å². The number of hydrogen-bond acceptors (Lipinski definition) is 5. The van der Waals surface area contributed by atoms with Crippen molar-refractivity contribution in [3.63, 3.8) is 0 Å². The van der Waals surface area contributed by atoms with Crippen molar-refractivity contribution in [2.45, 2.75) is 72.0 Å². The first-order chi connectivity index (χ1) is 15.6. The van der Waals surface area contributed by atoms with Gasteiger partial charge in [0.15, 0.2) is 5.78 Å². The Morgan fingerprint density at radius 2 is 1.97 bits per heavy atom. The summed E-state index contributed by atoms with van der Waals surface area (Å²) in [6.07, 6.45) is 12.0. The van der Waals surface area contributed by atoms with Gasteiger partial charge in [0.2, 0.25) is 0 Å². The fraction of sp³-hybridized carbons (Fsp3) is 0.643. The van der Waals surface area contributed by atoms with Crippen LogP contribution in [0.3, 0.4) is 0 Å². The number of ketones is 1. The molecular weight excluding hydrogens is 416 g/mol. The highest BCUT2D eigenvalue weighted by Gasteiger charge is 2.75. The molecule has 9 atom stereocenters. The molecule has 0 bridgehead atoms. The Labute approximate surface area is 195 Å². The Kier molecular flexibility index (Phi) is 4.21. The summed E-state index contributed by atoms with van der Waals surface area (Å²) >= 11 is 0. The van der Waals surface area contributed by atoms with Crippen molar-refractivity contribution in [1.29, 1.82) is 0 Å². The summed E-state index contributed by atoms with van der Waals surface area (Å²) in [6, 6.07) is 2.07. The fourth-order valence-electron chi connectivity index (χ4n) is 9.22. The molecule has 0 N–H and O–H groups in total. The number of fused-ring (bicyclic) bond motifs is 4. The molecule has 2 heterocycles. The number of rotatable bonds is 2. The quantitative estimate of drug-likeness (QED) is 0.456. The van der Waals surface area contributed by atoms with Crippen LogP contribution in [0.15, 0.2) is 46.8 Å². The van der Waals surface area contributed by atoms with E-state index in [0.717, 1.165) is 19.3 Å². The molecule has 4 aliphatic carbocycles. The molecule has 1 aromatic heterocycles. The molecule has 6 rings (SSSR count). The fourth-order valence-corrected chi connectivity index (χ4v) is 9.22. The molecule has 1 aliphatic heterocycles. The normalized spacial score (nSPS) is 49.8. The van der Waals surface area contributed by atoms with E-state index >= 15 is 0 Å². The molecule has 1 aromatic rings. The van der Waals surface area contributed by atoms with Crippen molar-refractivity contribution in [2.24, 2.45) is 33.5 Å². The average Bonchev–Trinajstić information content (AvgIpc) is 3.46. The molecule has 0 radical (unpaired) electrons. The van der Waals surface area contributed by atoms with Gasteiger partial charge in [-0.2, -0.15) is 0 Å². The Morgan fingerprint density at radius 3 is 2.67 bits per heavy atom. The molecular formula is C28H34O5. The topological polar surface area (TPSA) is 65.7 Å². The summed E-state index contributed by atoms with van der Waals surface area (Å²) < 4.78 is 18.1. The maximum absolute atomic E-state index is 13.7. The number of carbonyl (C=O) groups excluding carboxylic acids is 2. The summed E-state index contributed by atoms with van der Waals surface area (Å²) in [5.74, 6) is 0.323. The largest absolute Gasteiger partial charge is 0.472 e. The van der Waals surface area contributed by atoms with Crippen LogP contribution in [-0.2, 0) is 19.1 Å². The molecule has 33 heavy (non-hydrogen) atoms. The molecule has 3 fully saturated rings. The predicted octanol–water partition coefficient (Wildman–Crippen LogP) is 5.23. The first-order valence-corrected chi connectivity index (χ1v) is 12.3. The zero-order valence-corrected chi connectivity index (χ0v) is 20.2. The van der Waals surface area contributed by atoms with E-state index < -0.39 is 16.9 Å². The third-order valence-corrected chi connectivity index (χ3v) is 10.5. The summed E-state index contributed by atoms with van der Waals surface area (Å²) in [5, 5.41) is 0. The lowest BCUT2D eigenvalue weighted by Crippen LogP contribution is -2.69. The predicted molar refractivity (Wildman–Crippen MR) is 122 cm³/mol. The zero-order chi connectivity index (χ0) is 23.4. The second-order valence-corrected chi connectivity index (χ2v) is 12.0. The second-order valence-electron chi connectivity index (χ2n) is 12.0. The lowest BCUT2D eigenvalue weighted by Gasteiger charge is -2.66. The van der Waals surface area contributed by atoms with Gasteiger partial charge >= 0.3 is 5.97 Å². The maximum Gasteiger partial charge on any atom is 0.303 e. The first-order valence-electron chi connectivity index (χ1n) is 12.3. The van der Waals surface area contributed by atoms with Crippen molar-refractivity contribution in [3.8, 4) is 0 Å². The molecule has 5 heteroatoms. The van der Waals surface area contributed by atoms with Crippen molar-refractivity contribution >= 4 is 11.8 Å². The van der Waals surface area contributed by atoms with Crippen LogP contribution in [0.1, 0.15) is 65.4 Å². The summed E-state index contributed by atoms with van der Waals surface area (Å²) in [5.41, 5.74) is 1.23. The van der Waals surface area contributed by atoms with E-state index in [4.69, 9.17) is 13.9 Å². The van der Waals surface area contributed by atoms with E-state index in [9.17, 15) is 9.59 Å². The second kappa shape index (κ2) is 6.50. The molecule has 0 amide bonds. The van der Waals surface area contributed by atoms with Gasteiger partial charge in [0.05, 0.1) is 19.1 Å². The maximum atomic E-state index is 13.7. The Hall–Kier alpha value is -2.14. The van der Waals surface area contributed by atoms with E-state index in [1.165, 1.54) is 18.1 Å². The van der Waals surface area contributed by atoms with Crippen molar-refractivity contribution in [3.05, 3.63) is 48.0 Å². The van der Waals surface area contributed by atoms with Crippen LogP contribution in [0.2, 0.25) is 0 Å². The Morgan fingerprint density at radius 1 is 1.18 bits per heavy atom. The summed E-state index contributed by atoms with van der Waals surface area (Å²) in [6.45, 7) is 11.0. The van der Waals surface area contributed by atoms with Crippen molar-refractivity contribution in [1.82, 2.24) is 0 Å². The Balaban J connectivity index is 1.54. The smallest absolute Gasteiger partial charge is 0.303 e. The molecule has 0 aromatic carbocycles. The van der Waals surface area contributed by atoms with E-state index in [1.807, 2.05) is 12.3 Å². The van der Waals surface area contributed by atoms with Crippen LogP contribution < -0.4 is 0 Å². The molecule has 0 unspecified atom stereocenters. The highest BCUT2D eigenvalue weighted by Crippen LogP contribution is 2.74. The van der Waals surface area contributed by atoms with Crippen molar-refractivity contribution in [2.75, 3.05) is 6.61 Å². The van der Waals surface area contributed by atoms with Gasteiger partial charge in [0.1, 0.15) is 12.2 Å². The number of hydrogen-bond donors (Lipinski definition) is 0. The minimum Gasteiger partial charge on any atom is -0.472 e. The minimum atomic E-state index is -0.550. The lowest BCUT2D eigenvalue weighted by atomic mass is 9.38. The monoisotopic (exact) mass is 450 g/mol. The third-order valence-electron chi connectivity index (χ3n) is 10.5. The highest BCUT2D eigenvalue weighted by atomic mass is 16.6. The number of esters is 1. The number of carbonyl (C=O) groups is 2. The van der Waals surface area contributed by atoms with Gasteiger partial charge in [-0.1, -0.05) is 45.4 Å². The van der Waals surface area contributed by atoms with Gasteiger partial charge in [-0.25, -0.2) is 0 Å². The molecule has 5 nitrogen and oxygen atoms in total. The van der Waals surface area contributed by atoms with Gasteiger partial charge in [0.25, 0.3) is 0 Å². The Bertz CT molecular complexity index is 1080. The van der Waals surface area contributed by atoms with E-state index in [-0.39, 0.29) is 40.5 Å². The van der Waals surface area contributed by atoms with E-state index in [1.54, 1.807) is 12.3 Å². The van der Waals surface area contributed by atoms with Gasteiger partial charge in [-0.3, -0.25) is 9.59 Å². The van der Waals surface area contributed by atoms with Crippen LogP contribution in [0.25, 0.3) is 0 Å². The molecule has 2 saturated carbocycles. The first kappa shape index (κ1) is 21.4. The molecule has 1 saturated heterocycles. The lowest BCUT2D eigenvalue weighted by molar-refractivity contribution is -0.214. The number of furan rings is 1. The minimum absolute atomic E-state index is 0.000884. The third kappa shape index (κ3) is 2.42. The van der Waals surface area contributed by atoms with Crippen LogP contribution in [0.4, 0.5) is 0 Å². The zero-order valence-electron chi connectivity index (χ0n) is 20.2. The van der Waals surface area contributed by atoms with Crippen molar-refractivity contribution < 1.29 is 23.5 Å². The van der Waals surface area contributed by atoms with E-state index in [0.29, 0.717) is 12.5 Å². The van der Waals surface area contributed by atoms with Crippen LogP contribution in [0, 0.1) is 33.5 Å². The van der Waals surface area contributed by atoms with Gasteiger partial charge in [-0.15, -0.1) is 0 Å². The summed E-state index contributed by atoms with van der Waals surface area (Å²) in [4.78, 5) is 26.1. The van der Waals surface area contributed by atoms with Gasteiger partial charge in [0, 0.05) is 29.1 Å². The van der Waals surface area contributed by atoms with Gasteiger partial charge in [-0.05, 0) is 54.2 Å². The number of ether oxygens (including phenoxy) is 2. The molecule has 5 aliphatic rings. The summed E-state index contributed by atoms with van der Waals surface area (Å²) in [7, 11) is 0. The van der Waals surface area contributed by atoms with Gasteiger partial charge < -0.3 is 13.9 Å². The SMILES string of the molecule is CC(=O)O[C@H]1[C@@H]2OC[C@]3(C)C=CC(=O)[C@](C)([C@H]4CC[C@]5(C)C(=CC[C@H]5c5ccoc5)[C@@]41C)[C@@H]23. The highest BCUT2D eigenvalue weighted by molar-refractivity contribution is 5.97.